The fourth-order valence-electron chi connectivity index (χ4n) is 1.92. The van der Waals surface area contributed by atoms with Crippen LogP contribution in [0.4, 0.5) is 10.1 Å². The zero-order chi connectivity index (χ0) is 13.2. The van der Waals surface area contributed by atoms with Crippen molar-refractivity contribution in [1.29, 1.82) is 0 Å². The largest absolute Gasteiger partial charge is 0.399 e. The summed E-state index contributed by atoms with van der Waals surface area (Å²) in [7, 11) is -3.82. The molecule has 1 aliphatic rings. The van der Waals surface area contributed by atoms with Crippen LogP contribution in [0.5, 0.6) is 0 Å². The van der Waals surface area contributed by atoms with Crippen LogP contribution in [0.3, 0.4) is 0 Å². The molecule has 0 heterocycles. The number of sulfonamides is 1. The lowest BCUT2D eigenvalue weighted by Gasteiger charge is -2.19. The van der Waals surface area contributed by atoms with Crippen LogP contribution in [-0.4, -0.2) is 14.5 Å². The Labute approximate surface area is 106 Å². The molecule has 3 N–H and O–H groups in total. The molecule has 98 valence electrons. The van der Waals surface area contributed by atoms with Gasteiger partial charge in [0, 0.05) is 11.7 Å². The topological polar surface area (TPSA) is 72.2 Å². The van der Waals surface area contributed by atoms with Crippen molar-refractivity contribution in [2.24, 2.45) is 0 Å². The molecule has 0 spiro atoms. The molecule has 0 saturated heterocycles. The molecule has 1 aromatic rings. The summed E-state index contributed by atoms with van der Waals surface area (Å²) in [6, 6.07) is 3.40. The van der Waals surface area contributed by atoms with E-state index >= 15 is 0 Å². The first-order chi connectivity index (χ1) is 8.49. The van der Waals surface area contributed by atoms with Crippen LogP contribution in [0.1, 0.15) is 19.3 Å². The van der Waals surface area contributed by atoms with E-state index in [1.54, 1.807) is 0 Å². The minimum Gasteiger partial charge on any atom is -0.399 e. The number of nitrogens with one attached hydrogen (secondary N) is 1. The van der Waals surface area contributed by atoms with Gasteiger partial charge in [-0.2, -0.15) is 0 Å². The second-order valence-corrected chi connectivity index (χ2v) is 5.97. The molecule has 1 atom stereocenters. The van der Waals surface area contributed by atoms with Gasteiger partial charge < -0.3 is 5.73 Å². The van der Waals surface area contributed by atoms with Crippen molar-refractivity contribution in [1.82, 2.24) is 4.72 Å². The molecule has 0 saturated carbocycles. The second kappa shape index (κ2) is 5.07. The zero-order valence-corrected chi connectivity index (χ0v) is 10.6. The van der Waals surface area contributed by atoms with E-state index in [1.165, 1.54) is 12.1 Å². The molecule has 0 amide bonds. The number of nitrogens with two attached hydrogens (primary N) is 1. The van der Waals surface area contributed by atoms with Gasteiger partial charge in [-0.3, -0.25) is 0 Å². The average Bonchev–Trinajstić information content (AvgIpc) is 2.29. The summed E-state index contributed by atoms with van der Waals surface area (Å²) in [5, 5.41) is 0. The van der Waals surface area contributed by atoms with Crippen LogP contribution in [0.25, 0.3) is 0 Å². The number of halogens is 1. The van der Waals surface area contributed by atoms with E-state index in [9.17, 15) is 12.8 Å². The molecule has 1 unspecified atom stereocenters. The summed E-state index contributed by atoms with van der Waals surface area (Å²) in [6.45, 7) is 0. The van der Waals surface area contributed by atoms with Gasteiger partial charge in [0.15, 0.2) is 0 Å². The van der Waals surface area contributed by atoms with Crippen LogP contribution in [-0.2, 0) is 10.0 Å². The molecule has 18 heavy (non-hydrogen) atoms. The first-order valence-corrected chi connectivity index (χ1v) is 7.20. The Morgan fingerprint density at radius 1 is 1.33 bits per heavy atom. The monoisotopic (exact) mass is 270 g/mol. The molecule has 0 aromatic heterocycles. The van der Waals surface area contributed by atoms with Crippen molar-refractivity contribution in [2.45, 2.75) is 30.2 Å². The molecular formula is C12H15FN2O2S. The van der Waals surface area contributed by atoms with Crippen LogP contribution < -0.4 is 10.5 Å². The van der Waals surface area contributed by atoms with Crippen molar-refractivity contribution in [3.63, 3.8) is 0 Å². The number of nitrogen functional groups attached to an aromatic ring is 1. The van der Waals surface area contributed by atoms with Crippen molar-refractivity contribution in [3.8, 4) is 0 Å². The summed E-state index contributed by atoms with van der Waals surface area (Å²) in [5.41, 5.74) is 5.59. The van der Waals surface area contributed by atoms with Crippen LogP contribution in [0.2, 0.25) is 0 Å². The highest BCUT2D eigenvalue weighted by molar-refractivity contribution is 7.89. The molecule has 0 fully saturated rings. The predicted molar refractivity (Wildman–Crippen MR) is 67.9 cm³/mol. The predicted octanol–water partition coefficient (Wildman–Crippen LogP) is 1.79. The van der Waals surface area contributed by atoms with Crippen LogP contribution in [0, 0.1) is 5.82 Å². The molecule has 0 radical (unpaired) electrons. The number of rotatable bonds is 3. The summed E-state index contributed by atoms with van der Waals surface area (Å²) in [4.78, 5) is -0.355. The lowest BCUT2D eigenvalue weighted by Crippen LogP contribution is -2.35. The van der Waals surface area contributed by atoms with Gasteiger partial charge in [-0.05, 0) is 37.5 Å². The number of hydrogen-bond donors (Lipinski definition) is 2. The Morgan fingerprint density at radius 2 is 2.11 bits per heavy atom. The molecule has 1 aromatic carbocycles. The van der Waals surface area contributed by atoms with Crippen molar-refractivity contribution >= 4 is 15.7 Å². The second-order valence-electron chi connectivity index (χ2n) is 4.29. The summed E-state index contributed by atoms with van der Waals surface area (Å²) in [6.07, 6.45) is 6.13. The van der Waals surface area contributed by atoms with Crippen molar-refractivity contribution in [2.75, 3.05) is 5.73 Å². The molecule has 1 aliphatic carbocycles. The molecule has 0 bridgehead atoms. The quantitative estimate of drug-likeness (QED) is 0.649. The Kier molecular flexibility index (Phi) is 3.68. The minimum absolute atomic E-state index is 0.169. The highest BCUT2D eigenvalue weighted by Crippen LogP contribution is 2.19. The molecule has 6 heteroatoms. The maximum atomic E-state index is 13.6. The van der Waals surface area contributed by atoms with Gasteiger partial charge in [0.2, 0.25) is 10.0 Å². The number of allylic oxidation sites excluding steroid dienone is 1. The van der Waals surface area contributed by atoms with Crippen LogP contribution in [0.15, 0.2) is 35.2 Å². The Morgan fingerprint density at radius 3 is 2.72 bits per heavy atom. The lowest BCUT2D eigenvalue weighted by molar-refractivity contribution is 0.514. The first kappa shape index (κ1) is 13.0. The van der Waals surface area contributed by atoms with E-state index < -0.39 is 15.8 Å². The van der Waals surface area contributed by atoms with E-state index in [2.05, 4.69) is 4.72 Å². The Bertz CT molecular complexity index is 569. The van der Waals surface area contributed by atoms with Gasteiger partial charge in [0.1, 0.15) is 10.7 Å². The fourth-order valence-corrected chi connectivity index (χ4v) is 3.26. The van der Waals surface area contributed by atoms with Gasteiger partial charge in [0.25, 0.3) is 0 Å². The molecule has 4 nitrogen and oxygen atoms in total. The van der Waals surface area contributed by atoms with E-state index in [1.807, 2.05) is 12.2 Å². The van der Waals surface area contributed by atoms with Gasteiger partial charge in [-0.1, -0.05) is 12.2 Å². The number of anilines is 1. The Balaban J connectivity index is 2.22. The number of hydrogen-bond acceptors (Lipinski definition) is 3. The van der Waals surface area contributed by atoms with E-state index in [-0.39, 0.29) is 16.6 Å². The van der Waals surface area contributed by atoms with Crippen molar-refractivity contribution in [3.05, 3.63) is 36.2 Å². The average molecular weight is 270 g/mol. The highest BCUT2D eigenvalue weighted by atomic mass is 32.2. The third-order valence-corrected chi connectivity index (χ3v) is 4.39. The first-order valence-electron chi connectivity index (χ1n) is 5.71. The maximum Gasteiger partial charge on any atom is 0.243 e. The smallest absolute Gasteiger partial charge is 0.243 e. The standard InChI is InChI=1S/C12H15FN2O2S/c13-11-8-9(14)6-7-12(11)18(16,17)15-10-4-2-1-3-5-10/h1-2,6-8,10,15H,3-5,14H2. The SMILES string of the molecule is Nc1ccc(S(=O)(=O)NC2CC=CCC2)c(F)c1. The number of benzene rings is 1. The Hall–Kier alpha value is -1.40. The lowest BCUT2D eigenvalue weighted by atomic mass is 10.0. The highest BCUT2D eigenvalue weighted by Gasteiger charge is 2.23. The van der Waals surface area contributed by atoms with Gasteiger partial charge in [-0.25, -0.2) is 17.5 Å². The van der Waals surface area contributed by atoms with E-state index in [0.717, 1.165) is 18.9 Å². The van der Waals surface area contributed by atoms with E-state index in [4.69, 9.17) is 5.73 Å². The summed E-state index contributed by atoms with van der Waals surface area (Å²) < 4.78 is 40.1. The normalized spacial score (nSPS) is 19.9. The zero-order valence-electron chi connectivity index (χ0n) is 9.77. The molecular weight excluding hydrogens is 255 g/mol. The third kappa shape index (κ3) is 2.88. The van der Waals surface area contributed by atoms with Gasteiger partial charge in [-0.15, -0.1) is 0 Å². The van der Waals surface area contributed by atoms with E-state index in [0.29, 0.717) is 6.42 Å². The summed E-state index contributed by atoms with van der Waals surface area (Å²) in [5.74, 6) is -0.825. The van der Waals surface area contributed by atoms with Crippen LogP contribution >= 0.6 is 0 Å². The molecule has 2 rings (SSSR count). The summed E-state index contributed by atoms with van der Waals surface area (Å²) >= 11 is 0. The van der Waals surface area contributed by atoms with Gasteiger partial charge >= 0.3 is 0 Å². The van der Waals surface area contributed by atoms with Gasteiger partial charge in [0.05, 0.1) is 0 Å². The maximum absolute atomic E-state index is 13.6. The minimum atomic E-state index is -3.82. The fraction of sp³-hybridized carbons (Fsp3) is 0.333. The molecule has 0 aliphatic heterocycles. The third-order valence-electron chi connectivity index (χ3n) is 2.84. The van der Waals surface area contributed by atoms with Crippen molar-refractivity contribution < 1.29 is 12.8 Å².